The molecule has 1 unspecified atom stereocenters. The fraction of sp³-hybridized carbons (Fsp3) is 0.273. The second-order valence-corrected chi connectivity index (χ2v) is 3.50. The number of aliphatic hydroxyl groups is 1. The third-order valence-electron chi connectivity index (χ3n) is 2.12. The van der Waals surface area contributed by atoms with E-state index in [2.05, 4.69) is 0 Å². The van der Waals surface area contributed by atoms with Crippen LogP contribution in [0.15, 0.2) is 24.3 Å². The van der Waals surface area contributed by atoms with Gasteiger partial charge in [-0.05, 0) is 13.0 Å². The van der Waals surface area contributed by atoms with Crippen LogP contribution in [0, 0.1) is 11.3 Å². The maximum Gasteiger partial charge on any atom is 0.306 e. The maximum atomic E-state index is 10.5. The number of rotatable bonds is 3. The monoisotopic (exact) mass is 205 g/mol. The molecular formula is C11H11NO3. The molecule has 1 atom stereocenters. The molecule has 0 aromatic heterocycles. The van der Waals surface area contributed by atoms with Gasteiger partial charge >= 0.3 is 5.97 Å². The Balaban J connectivity index is 3.15. The van der Waals surface area contributed by atoms with E-state index in [1.807, 2.05) is 6.07 Å². The first-order valence-electron chi connectivity index (χ1n) is 4.41. The van der Waals surface area contributed by atoms with Gasteiger partial charge in [0.1, 0.15) is 0 Å². The van der Waals surface area contributed by atoms with Crippen LogP contribution in [0.2, 0.25) is 0 Å². The Morgan fingerprint density at radius 2 is 2.13 bits per heavy atom. The van der Waals surface area contributed by atoms with E-state index in [0.717, 1.165) is 0 Å². The van der Waals surface area contributed by atoms with Crippen molar-refractivity contribution < 1.29 is 15.0 Å². The average Bonchev–Trinajstić information content (AvgIpc) is 2.16. The highest BCUT2D eigenvalue weighted by Gasteiger charge is 2.28. The molecule has 1 aromatic carbocycles. The van der Waals surface area contributed by atoms with Crippen molar-refractivity contribution in [3.63, 3.8) is 0 Å². The van der Waals surface area contributed by atoms with Gasteiger partial charge in [-0.1, -0.05) is 18.2 Å². The predicted molar refractivity (Wildman–Crippen MR) is 53.0 cm³/mol. The first-order valence-corrected chi connectivity index (χ1v) is 4.41. The topological polar surface area (TPSA) is 81.3 Å². The van der Waals surface area contributed by atoms with E-state index < -0.39 is 18.0 Å². The first-order chi connectivity index (χ1) is 6.97. The minimum Gasteiger partial charge on any atom is -0.481 e. The van der Waals surface area contributed by atoms with Gasteiger partial charge in [-0.3, -0.25) is 4.79 Å². The number of benzene rings is 1. The zero-order valence-corrected chi connectivity index (χ0v) is 8.27. The van der Waals surface area contributed by atoms with E-state index >= 15 is 0 Å². The van der Waals surface area contributed by atoms with E-state index in [-0.39, 0.29) is 0 Å². The molecule has 15 heavy (non-hydrogen) atoms. The van der Waals surface area contributed by atoms with Gasteiger partial charge in [-0.15, -0.1) is 0 Å². The highest BCUT2D eigenvalue weighted by molar-refractivity contribution is 5.68. The number of aliphatic carboxylic acids is 1. The van der Waals surface area contributed by atoms with Gasteiger partial charge < -0.3 is 10.2 Å². The summed E-state index contributed by atoms with van der Waals surface area (Å²) in [6.45, 7) is 1.39. The van der Waals surface area contributed by atoms with E-state index in [1.165, 1.54) is 6.92 Å². The molecule has 0 aliphatic carbocycles. The van der Waals surface area contributed by atoms with Crippen LogP contribution in [0.1, 0.15) is 24.5 Å². The summed E-state index contributed by atoms with van der Waals surface area (Å²) in [5.41, 5.74) is -0.878. The van der Waals surface area contributed by atoms with Crippen molar-refractivity contribution in [3.8, 4) is 6.07 Å². The summed E-state index contributed by atoms with van der Waals surface area (Å²) < 4.78 is 0. The van der Waals surface area contributed by atoms with Crippen LogP contribution in [0.4, 0.5) is 0 Å². The summed E-state index contributed by atoms with van der Waals surface area (Å²) in [7, 11) is 0. The number of carbonyl (C=O) groups is 1. The summed E-state index contributed by atoms with van der Waals surface area (Å²) >= 11 is 0. The van der Waals surface area contributed by atoms with Gasteiger partial charge in [-0.25, -0.2) is 0 Å². The minimum atomic E-state index is -1.52. The zero-order chi connectivity index (χ0) is 11.5. The van der Waals surface area contributed by atoms with Crippen LogP contribution in [0.5, 0.6) is 0 Å². The number of nitrogens with zero attached hydrogens (tertiary/aromatic N) is 1. The lowest BCUT2D eigenvalue weighted by Gasteiger charge is -2.22. The van der Waals surface area contributed by atoms with Gasteiger partial charge in [0.05, 0.1) is 23.7 Å². The standard InChI is InChI=1S/C11H11NO3/c1-11(15,6-10(13)14)9-5-3-2-4-8(9)7-12/h2-5,15H,6H2,1H3,(H,13,14). The van der Waals surface area contributed by atoms with Crippen molar-refractivity contribution in [1.29, 1.82) is 5.26 Å². The van der Waals surface area contributed by atoms with Crippen LogP contribution in [0.3, 0.4) is 0 Å². The lowest BCUT2D eigenvalue weighted by atomic mass is 9.89. The predicted octanol–water partition coefficient (Wildman–Crippen LogP) is 1.24. The fourth-order valence-electron chi connectivity index (χ4n) is 1.44. The Morgan fingerprint density at radius 1 is 1.53 bits per heavy atom. The lowest BCUT2D eigenvalue weighted by molar-refractivity contribution is -0.142. The van der Waals surface area contributed by atoms with Gasteiger partial charge in [-0.2, -0.15) is 5.26 Å². The molecule has 0 amide bonds. The molecule has 2 N–H and O–H groups in total. The molecule has 4 heteroatoms. The molecule has 0 fully saturated rings. The van der Waals surface area contributed by atoms with Crippen molar-refractivity contribution in [2.24, 2.45) is 0 Å². The molecule has 4 nitrogen and oxygen atoms in total. The Labute approximate surface area is 87.4 Å². The molecular weight excluding hydrogens is 194 g/mol. The van der Waals surface area contributed by atoms with Crippen LogP contribution in [0.25, 0.3) is 0 Å². The van der Waals surface area contributed by atoms with Gasteiger partial charge in [0.2, 0.25) is 0 Å². The largest absolute Gasteiger partial charge is 0.481 e. The number of carboxylic acids is 1. The Bertz CT molecular complexity index is 418. The molecule has 0 aliphatic rings. The van der Waals surface area contributed by atoms with E-state index in [0.29, 0.717) is 11.1 Å². The number of carboxylic acid groups (broad SMARTS) is 1. The Hall–Kier alpha value is -1.86. The van der Waals surface area contributed by atoms with Crippen LogP contribution >= 0.6 is 0 Å². The smallest absolute Gasteiger partial charge is 0.306 e. The summed E-state index contributed by atoms with van der Waals surface area (Å²) in [4.78, 5) is 10.5. The molecule has 0 radical (unpaired) electrons. The number of nitriles is 1. The molecule has 1 aromatic rings. The highest BCUT2D eigenvalue weighted by atomic mass is 16.4. The third-order valence-corrected chi connectivity index (χ3v) is 2.12. The molecule has 0 aliphatic heterocycles. The SMILES string of the molecule is CC(O)(CC(=O)O)c1ccccc1C#N. The van der Waals surface area contributed by atoms with Gasteiger partial charge in [0.25, 0.3) is 0 Å². The first kappa shape index (κ1) is 11.2. The number of hydrogen-bond acceptors (Lipinski definition) is 3. The normalized spacial score (nSPS) is 13.9. The average molecular weight is 205 g/mol. The highest BCUT2D eigenvalue weighted by Crippen LogP contribution is 2.26. The summed E-state index contributed by atoms with van der Waals surface area (Å²) in [6.07, 6.45) is -0.425. The van der Waals surface area contributed by atoms with Crippen LogP contribution < -0.4 is 0 Å². The molecule has 0 bridgehead atoms. The second kappa shape index (κ2) is 4.11. The molecule has 0 heterocycles. The molecule has 78 valence electrons. The summed E-state index contributed by atoms with van der Waals surface area (Å²) in [6, 6.07) is 8.35. The van der Waals surface area contributed by atoms with Crippen molar-refractivity contribution >= 4 is 5.97 Å². The van der Waals surface area contributed by atoms with E-state index in [4.69, 9.17) is 10.4 Å². The van der Waals surface area contributed by atoms with Crippen LogP contribution in [-0.4, -0.2) is 16.2 Å². The third kappa shape index (κ3) is 2.55. The lowest BCUT2D eigenvalue weighted by Crippen LogP contribution is -2.26. The van der Waals surface area contributed by atoms with Gasteiger partial charge in [0.15, 0.2) is 0 Å². The van der Waals surface area contributed by atoms with Crippen molar-refractivity contribution in [2.45, 2.75) is 18.9 Å². The van der Waals surface area contributed by atoms with Crippen molar-refractivity contribution in [2.75, 3.05) is 0 Å². The van der Waals surface area contributed by atoms with Gasteiger partial charge in [0, 0.05) is 5.56 Å². The number of hydrogen-bond donors (Lipinski definition) is 2. The zero-order valence-electron chi connectivity index (χ0n) is 8.27. The molecule has 0 saturated carbocycles. The van der Waals surface area contributed by atoms with Crippen molar-refractivity contribution in [1.82, 2.24) is 0 Å². The Kier molecular flexibility index (Phi) is 3.08. The van der Waals surface area contributed by atoms with Crippen LogP contribution in [-0.2, 0) is 10.4 Å². The van der Waals surface area contributed by atoms with E-state index in [1.54, 1.807) is 24.3 Å². The Morgan fingerprint density at radius 3 is 2.67 bits per heavy atom. The molecule has 0 saturated heterocycles. The van der Waals surface area contributed by atoms with Crippen molar-refractivity contribution in [3.05, 3.63) is 35.4 Å². The summed E-state index contributed by atoms with van der Waals surface area (Å²) in [5, 5.41) is 27.4. The quantitative estimate of drug-likeness (QED) is 0.777. The minimum absolute atomic E-state index is 0.295. The molecule has 1 rings (SSSR count). The molecule has 0 spiro atoms. The summed E-state index contributed by atoms with van der Waals surface area (Å²) in [5.74, 6) is -1.10. The maximum absolute atomic E-state index is 10.5. The second-order valence-electron chi connectivity index (χ2n) is 3.50. The van der Waals surface area contributed by atoms with E-state index in [9.17, 15) is 9.90 Å². The fourth-order valence-corrected chi connectivity index (χ4v) is 1.44.